The molecule has 6 aromatic carbocycles. The van der Waals surface area contributed by atoms with Crippen LogP contribution in [0.1, 0.15) is 0 Å². The molecule has 0 amide bonds. The van der Waals surface area contributed by atoms with Gasteiger partial charge < -0.3 is 0 Å². The molecule has 0 spiro atoms. The van der Waals surface area contributed by atoms with Crippen molar-refractivity contribution < 1.29 is 0 Å². The average Bonchev–Trinajstić information content (AvgIpc) is 3.55. The summed E-state index contributed by atoms with van der Waals surface area (Å²) < 4.78 is 0. The van der Waals surface area contributed by atoms with E-state index < -0.39 is 0 Å². The van der Waals surface area contributed by atoms with E-state index in [1.54, 1.807) is 0 Å². The SMILES string of the molecule is c1ccc(-c2cccc(-c3ccccc3)c2-c2ccc(-c3c(-c4ccccc4)cccc3-c3ccccc3)s2)cc1. The second kappa shape index (κ2) is 11.3. The van der Waals surface area contributed by atoms with Crippen LogP contribution >= 0.6 is 11.3 Å². The van der Waals surface area contributed by atoms with Crippen molar-refractivity contribution in [2.75, 3.05) is 0 Å². The molecule has 7 aromatic rings. The molecule has 41 heavy (non-hydrogen) atoms. The van der Waals surface area contributed by atoms with Crippen LogP contribution in [-0.4, -0.2) is 0 Å². The zero-order valence-corrected chi connectivity index (χ0v) is 23.4. The Balaban J connectivity index is 1.47. The van der Waals surface area contributed by atoms with Gasteiger partial charge in [-0.1, -0.05) is 158 Å². The average molecular weight is 541 g/mol. The van der Waals surface area contributed by atoms with Gasteiger partial charge in [0.05, 0.1) is 0 Å². The van der Waals surface area contributed by atoms with Crippen molar-refractivity contribution in [3.8, 4) is 65.4 Å². The number of hydrogen-bond acceptors (Lipinski definition) is 1. The fraction of sp³-hybridized carbons (Fsp3) is 0. The Kier molecular flexibility index (Phi) is 6.87. The molecule has 7 rings (SSSR count). The van der Waals surface area contributed by atoms with Gasteiger partial charge in [-0.15, -0.1) is 11.3 Å². The maximum absolute atomic E-state index is 2.31. The Hall–Kier alpha value is -4.98. The van der Waals surface area contributed by atoms with Gasteiger partial charge >= 0.3 is 0 Å². The molecule has 0 aliphatic heterocycles. The van der Waals surface area contributed by atoms with E-state index in [-0.39, 0.29) is 0 Å². The summed E-state index contributed by atoms with van der Waals surface area (Å²) in [7, 11) is 0. The minimum absolute atomic E-state index is 1.23. The third-order valence-corrected chi connectivity index (χ3v) is 8.69. The van der Waals surface area contributed by atoms with E-state index in [0.29, 0.717) is 0 Å². The molecule has 0 radical (unpaired) electrons. The van der Waals surface area contributed by atoms with Gasteiger partial charge in [0.25, 0.3) is 0 Å². The standard InChI is InChI=1S/C40H28S/c1-5-15-29(16-6-1)33-23-13-24-34(30-17-7-2-8-18-30)39(33)37-27-28-38(41-37)40-35(31-19-9-3-10-20-31)25-14-26-36(40)32-21-11-4-12-22-32/h1-28H. The Morgan fingerprint density at radius 1 is 0.244 bits per heavy atom. The Morgan fingerprint density at radius 2 is 0.512 bits per heavy atom. The highest BCUT2D eigenvalue weighted by Gasteiger charge is 2.19. The van der Waals surface area contributed by atoms with E-state index in [9.17, 15) is 0 Å². The lowest BCUT2D eigenvalue weighted by atomic mass is 9.90. The first-order chi connectivity index (χ1) is 20.4. The molecular formula is C40H28S. The smallest absolute Gasteiger partial charge is 0.0361 e. The van der Waals surface area contributed by atoms with Crippen molar-refractivity contribution in [1.29, 1.82) is 0 Å². The summed E-state index contributed by atoms with van der Waals surface area (Å²) in [5.41, 5.74) is 12.5. The second-order valence-corrected chi connectivity index (χ2v) is 11.2. The molecule has 1 heteroatoms. The molecule has 194 valence electrons. The first-order valence-corrected chi connectivity index (χ1v) is 14.8. The fourth-order valence-corrected chi connectivity index (χ4v) is 6.83. The summed E-state index contributed by atoms with van der Waals surface area (Å²) in [6.45, 7) is 0. The maximum Gasteiger partial charge on any atom is 0.0361 e. The van der Waals surface area contributed by atoms with E-state index in [1.165, 1.54) is 65.4 Å². The highest BCUT2D eigenvalue weighted by Crippen LogP contribution is 2.48. The minimum atomic E-state index is 1.23. The van der Waals surface area contributed by atoms with E-state index >= 15 is 0 Å². The van der Waals surface area contributed by atoms with Crippen molar-refractivity contribution in [3.05, 3.63) is 170 Å². The van der Waals surface area contributed by atoms with Gasteiger partial charge in [0.15, 0.2) is 0 Å². The van der Waals surface area contributed by atoms with Gasteiger partial charge in [-0.2, -0.15) is 0 Å². The first-order valence-electron chi connectivity index (χ1n) is 13.9. The highest BCUT2D eigenvalue weighted by atomic mass is 32.1. The zero-order chi connectivity index (χ0) is 27.4. The summed E-state index contributed by atoms with van der Waals surface area (Å²) in [6.07, 6.45) is 0. The summed E-state index contributed by atoms with van der Waals surface area (Å²) >= 11 is 1.87. The monoisotopic (exact) mass is 540 g/mol. The molecule has 0 N–H and O–H groups in total. The summed E-state index contributed by atoms with van der Waals surface area (Å²) in [5.74, 6) is 0. The van der Waals surface area contributed by atoms with Gasteiger partial charge in [0, 0.05) is 20.9 Å². The molecule has 0 fully saturated rings. The molecule has 0 bridgehead atoms. The van der Waals surface area contributed by atoms with E-state index in [0.717, 1.165) is 0 Å². The topological polar surface area (TPSA) is 0 Å². The van der Waals surface area contributed by atoms with Crippen molar-refractivity contribution in [2.45, 2.75) is 0 Å². The molecule has 1 aromatic heterocycles. The quantitative estimate of drug-likeness (QED) is 0.197. The predicted molar refractivity (Wildman–Crippen MR) is 177 cm³/mol. The molecule has 0 aliphatic rings. The van der Waals surface area contributed by atoms with Crippen LogP contribution in [0.3, 0.4) is 0 Å². The lowest BCUT2D eigenvalue weighted by molar-refractivity contribution is 1.58. The number of rotatable bonds is 6. The third kappa shape index (κ3) is 4.93. The van der Waals surface area contributed by atoms with Crippen molar-refractivity contribution in [2.24, 2.45) is 0 Å². The van der Waals surface area contributed by atoms with Crippen molar-refractivity contribution in [1.82, 2.24) is 0 Å². The Bertz CT molecular complexity index is 1640. The summed E-state index contributed by atoms with van der Waals surface area (Å²) in [6, 6.07) is 61.0. The molecule has 0 nitrogen and oxygen atoms in total. The van der Waals surface area contributed by atoms with Crippen LogP contribution in [0.15, 0.2) is 170 Å². The van der Waals surface area contributed by atoms with Crippen LogP contribution in [0.5, 0.6) is 0 Å². The zero-order valence-electron chi connectivity index (χ0n) is 22.6. The van der Waals surface area contributed by atoms with Gasteiger partial charge in [-0.3, -0.25) is 0 Å². The molecule has 0 aliphatic carbocycles. The lowest BCUT2D eigenvalue weighted by Gasteiger charge is -2.16. The molecule has 0 atom stereocenters. The Labute approximate surface area is 245 Å². The fourth-order valence-electron chi connectivity index (χ4n) is 5.68. The van der Waals surface area contributed by atoms with Crippen LogP contribution < -0.4 is 0 Å². The minimum Gasteiger partial charge on any atom is -0.135 e. The van der Waals surface area contributed by atoms with Crippen molar-refractivity contribution in [3.63, 3.8) is 0 Å². The van der Waals surface area contributed by atoms with Crippen LogP contribution in [0.4, 0.5) is 0 Å². The molecule has 0 saturated carbocycles. The van der Waals surface area contributed by atoms with Gasteiger partial charge in [0.1, 0.15) is 0 Å². The third-order valence-electron chi connectivity index (χ3n) is 7.57. The summed E-state index contributed by atoms with van der Waals surface area (Å²) in [4.78, 5) is 2.53. The first kappa shape index (κ1) is 25.0. The van der Waals surface area contributed by atoms with E-state index in [2.05, 4.69) is 170 Å². The van der Waals surface area contributed by atoms with Crippen LogP contribution in [0, 0.1) is 0 Å². The Morgan fingerprint density at radius 3 is 0.780 bits per heavy atom. The van der Waals surface area contributed by atoms with Gasteiger partial charge in [-0.25, -0.2) is 0 Å². The van der Waals surface area contributed by atoms with E-state index in [1.807, 2.05) is 11.3 Å². The molecular weight excluding hydrogens is 513 g/mol. The molecule has 0 unspecified atom stereocenters. The highest BCUT2D eigenvalue weighted by molar-refractivity contribution is 7.19. The lowest BCUT2D eigenvalue weighted by Crippen LogP contribution is -1.89. The van der Waals surface area contributed by atoms with Gasteiger partial charge in [0.2, 0.25) is 0 Å². The van der Waals surface area contributed by atoms with E-state index in [4.69, 9.17) is 0 Å². The molecule has 1 heterocycles. The van der Waals surface area contributed by atoms with Gasteiger partial charge in [-0.05, 0) is 56.6 Å². The van der Waals surface area contributed by atoms with Crippen LogP contribution in [-0.2, 0) is 0 Å². The largest absolute Gasteiger partial charge is 0.135 e. The van der Waals surface area contributed by atoms with Crippen molar-refractivity contribution >= 4 is 11.3 Å². The molecule has 0 saturated heterocycles. The summed E-state index contributed by atoms with van der Waals surface area (Å²) in [5, 5.41) is 0. The second-order valence-electron chi connectivity index (χ2n) is 10.1. The number of thiophene rings is 1. The number of hydrogen-bond donors (Lipinski definition) is 0. The van der Waals surface area contributed by atoms with Crippen LogP contribution in [0.2, 0.25) is 0 Å². The predicted octanol–water partition coefficient (Wildman–Crippen LogP) is 11.8. The van der Waals surface area contributed by atoms with Crippen LogP contribution in [0.25, 0.3) is 65.4 Å². The number of benzene rings is 6. The normalized spacial score (nSPS) is 10.9. The maximum atomic E-state index is 2.31.